The molecule has 0 bridgehead atoms. The Morgan fingerprint density at radius 3 is 2.77 bits per heavy atom. The topological polar surface area (TPSA) is 53.3 Å². The number of unbranched alkanes of at least 4 members (excludes halogenated alkanes) is 1. The Morgan fingerprint density at radius 1 is 1.62 bits per heavy atom. The summed E-state index contributed by atoms with van der Waals surface area (Å²) in [5.74, 6) is 0. The van der Waals surface area contributed by atoms with Crippen LogP contribution in [0.25, 0.3) is 0 Å². The van der Waals surface area contributed by atoms with E-state index in [0.29, 0.717) is 6.42 Å². The molecule has 0 aliphatic carbocycles. The first-order valence-corrected chi connectivity index (χ1v) is 4.69. The van der Waals surface area contributed by atoms with Crippen molar-refractivity contribution < 1.29 is 9.84 Å². The molecule has 0 heterocycles. The van der Waals surface area contributed by atoms with Crippen LogP contribution in [0.3, 0.4) is 0 Å². The quantitative estimate of drug-likeness (QED) is 0.263. The van der Waals surface area contributed by atoms with Gasteiger partial charge in [0.15, 0.2) is 6.40 Å². The monoisotopic (exact) mass is 185 g/mol. The summed E-state index contributed by atoms with van der Waals surface area (Å²) in [6.07, 6.45) is 5.35. The third-order valence-electron chi connectivity index (χ3n) is 1.99. The minimum absolute atomic E-state index is 0.234. The second-order valence-electron chi connectivity index (χ2n) is 2.99. The fourth-order valence-electron chi connectivity index (χ4n) is 1.16. The maximum absolute atomic E-state index is 9.49. The molecule has 0 aromatic rings. The summed E-state index contributed by atoms with van der Waals surface area (Å²) in [7, 11) is 0. The highest BCUT2D eigenvalue weighted by atomic mass is 16.5. The molecule has 76 valence electrons. The molecule has 3 nitrogen and oxygen atoms in total. The van der Waals surface area contributed by atoms with Gasteiger partial charge in [-0.25, -0.2) is 0 Å². The van der Waals surface area contributed by atoms with Gasteiger partial charge in [-0.2, -0.15) is 0 Å². The van der Waals surface area contributed by atoms with Crippen molar-refractivity contribution in [2.24, 2.45) is 0 Å². The Hall–Kier alpha value is -0.830. The highest BCUT2D eigenvalue weighted by Crippen LogP contribution is 2.11. The lowest BCUT2D eigenvalue weighted by atomic mass is 10.1. The zero-order chi connectivity index (χ0) is 10.1. The molecule has 0 spiro atoms. The van der Waals surface area contributed by atoms with Gasteiger partial charge in [0, 0.05) is 0 Å². The molecular weight excluding hydrogens is 166 g/mol. The predicted molar refractivity (Wildman–Crippen MR) is 54.0 cm³/mol. The molecule has 0 rings (SSSR count). The summed E-state index contributed by atoms with van der Waals surface area (Å²) in [5, 5.41) is 16.3. The minimum Gasteiger partial charge on any atom is -0.478 e. The average Bonchev–Trinajstić information content (AvgIpc) is 2.16. The number of nitrogens with one attached hydrogen (secondary N) is 1. The van der Waals surface area contributed by atoms with E-state index in [2.05, 4.69) is 6.58 Å². The van der Waals surface area contributed by atoms with E-state index in [-0.39, 0.29) is 6.10 Å². The van der Waals surface area contributed by atoms with Crippen LogP contribution in [0.15, 0.2) is 12.7 Å². The molecule has 0 aliphatic heterocycles. The lowest BCUT2D eigenvalue weighted by molar-refractivity contribution is 0.0244. The van der Waals surface area contributed by atoms with Gasteiger partial charge in [0.1, 0.15) is 6.10 Å². The molecule has 2 N–H and O–H groups in total. The molecule has 0 aliphatic rings. The largest absolute Gasteiger partial charge is 0.478 e. The lowest BCUT2D eigenvalue weighted by Gasteiger charge is -2.20. The number of ether oxygens (including phenoxy) is 1. The van der Waals surface area contributed by atoms with Crippen LogP contribution in [0.4, 0.5) is 0 Å². The summed E-state index contributed by atoms with van der Waals surface area (Å²) < 4.78 is 5.00. The molecule has 0 aromatic carbocycles. The maximum atomic E-state index is 9.49. The summed E-state index contributed by atoms with van der Waals surface area (Å²) >= 11 is 0. The summed E-state index contributed by atoms with van der Waals surface area (Å²) in [5.41, 5.74) is 0. The fourth-order valence-corrected chi connectivity index (χ4v) is 1.16. The van der Waals surface area contributed by atoms with Gasteiger partial charge in [-0.3, -0.25) is 5.41 Å². The van der Waals surface area contributed by atoms with E-state index in [1.165, 1.54) is 0 Å². The van der Waals surface area contributed by atoms with Gasteiger partial charge in [-0.15, -0.1) is 6.58 Å². The lowest BCUT2D eigenvalue weighted by Crippen LogP contribution is -2.27. The third-order valence-corrected chi connectivity index (χ3v) is 1.99. The van der Waals surface area contributed by atoms with Crippen LogP contribution >= 0.6 is 0 Å². The van der Waals surface area contributed by atoms with Gasteiger partial charge < -0.3 is 9.84 Å². The van der Waals surface area contributed by atoms with Crippen LogP contribution in [0.2, 0.25) is 0 Å². The van der Waals surface area contributed by atoms with Crippen molar-refractivity contribution in [1.82, 2.24) is 0 Å². The smallest absolute Gasteiger partial charge is 0.167 e. The minimum atomic E-state index is -0.466. The third kappa shape index (κ3) is 5.42. The molecule has 2 unspecified atom stereocenters. The van der Waals surface area contributed by atoms with Crippen LogP contribution < -0.4 is 0 Å². The molecule has 13 heavy (non-hydrogen) atoms. The Kier molecular flexibility index (Phi) is 7.30. The fraction of sp³-hybridized carbons (Fsp3) is 0.700. The molecule has 2 atom stereocenters. The zero-order valence-electron chi connectivity index (χ0n) is 8.20. The number of hydrogen-bond donors (Lipinski definition) is 2. The summed E-state index contributed by atoms with van der Waals surface area (Å²) in [6.45, 7) is 5.52. The normalized spacial score (nSPS) is 14.6. The SMILES string of the molecule is C=CCCCC(OC=N)C(O)CC. The van der Waals surface area contributed by atoms with Crippen LogP contribution in [-0.4, -0.2) is 23.7 Å². The first-order valence-electron chi connectivity index (χ1n) is 4.69. The number of rotatable bonds is 8. The van der Waals surface area contributed by atoms with E-state index < -0.39 is 6.10 Å². The second-order valence-corrected chi connectivity index (χ2v) is 2.99. The molecule has 0 saturated carbocycles. The summed E-state index contributed by atoms with van der Waals surface area (Å²) in [6, 6.07) is 0. The standard InChI is InChI=1S/C10H19NO2/c1-3-5-6-7-10(13-8-11)9(12)4-2/h3,8-12H,1,4-7H2,2H3. The molecule has 3 heteroatoms. The van der Waals surface area contributed by atoms with Crippen molar-refractivity contribution in [2.45, 2.75) is 44.8 Å². The molecule has 0 amide bonds. The Balaban J connectivity index is 3.78. The van der Waals surface area contributed by atoms with Gasteiger partial charge >= 0.3 is 0 Å². The van der Waals surface area contributed by atoms with Crippen molar-refractivity contribution in [3.63, 3.8) is 0 Å². The van der Waals surface area contributed by atoms with E-state index in [1.807, 2.05) is 13.0 Å². The van der Waals surface area contributed by atoms with Crippen LogP contribution in [0.5, 0.6) is 0 Å². The van der Waals surface area contributed by atoms with E-state index in [9.17, 15) is 5.11 Å². The molecule has 0 fully saturated rings. The van der Waals surface area contributed by atoms with Crippen molar-refractivity contribution in [1.29, 1.82) is 5.41 Å². The predicted octanol–water partition coefficient (Wildman–Crippen LogP) is 2.11. The second kappa shape index (κ2) is 7.80. The van der Waals surface area contributed by atoms with Gasteiger partial charge in [-0.1, -0.05) is 13.0 Å². The van der Waals surface area contributed by atoms with Crippen molar-refractivity contribution >= 4 is 6.40 Å². The average molecular weight is 185 g/mol. The number of aliphatic hydroxyl groups excluding tert-OH is 1. The van der Waals surface area contributed by atoms with Crippen molar-refractivity contribution in [2.75, 3.05) is 0 Å². The van der Waals surface area contributed by atoms with Gasteiger partial charge in [0.2, 0.25) is 0 Å². The van der Waals surface area contributed by atoms with Gasteiger partial charge in [-0.05, 0) is 25.7 Å². The summed E-state index contributed by atoms with van der Waals surface area (Å²) in [4.78, 5) is 0. The molecule has 0 saturated heterocycles. The van der Waals surface area contributed by atoms with E-state index in [4.69, 9.17) is 10.1 Å². The Bertz CT molecular complexity index is 148. The van der Waals surface area contributed by atoms with Crippen molar-refractivity contribution in [3.05, 3.63) is 12.7 Å². The van der Waals surface area contributed by atoms with E-state index in [1.54, 1.807) is 0 Å². The van der Waals surface area contributed by atoms with E-state index in [0.717, 1.165) is 25.7 Å². The Labute approximate surface area is 79.9 Å². The van der Waals surface area contributed by atoms with Gasteiger partial charge in [0.05, 0.1) is 6.10 Å². The first kappa shape index (κ1) is 12.2. The number of allylic oxidation sites excluding steroid dienone is 1. The van der Waals surface area contributed by atoms with Crippen molar-refractivity contribution in [3.8, 4) is 0 Å². The van der Waals surface area contributed by atoms with Gasteiger partial charge in [0.25, 0.3) is 0 Å². The van der Waals surface area contributed by atoms with Crippen LogP contribution in [0, 0.1) is 5.41 Å². The maximum Gasteiger partial charge on any atom is 0.167 e. The van der Waals surface area contributed by atoms with Crippen LogP contribution in [0.1, 0.15) is 32.6 Å². The molecular formula is C10H19NO2. The highest BCUT2D eigenvalue weighted by Gasteiger charge is 2.16. The number of aliphatic hydroxyl groups is 1. The molecule has 0 radical (unpaired) electrons. The highest BCUT2D eigenvalue weighted by molar-refractivity contribution is 5.41. The molecule has 0 aromatic heterocycles. The number of hydrogen-bond acceptors (Lipinski definition) is 3. The zero-order valence-corrected chi connectivity index (χ0v) is 8.20. The van der Waals surface area contributed by atoms with E-state index >= 15 is 0 Å². The first-order chi connectivity index (χ1) is 6.26. The Morgan fingerprint density at radius 2 is 2.31 bits per heavy atom. The van der Waals surface area contributed by atoms with Crippen LogP contribution in [-0.2, 0) is 4.74 Å².